The van der Waals surface area contributed by atoms with Crippen LogP contribution >= 0.6 is 12.2 Å². The number of hydrogen-bond donors (Lipinski definition) is 1. The molecule has 1 aromatic carbocycles. The van der Waals surface area contributed by atoms with Crippen molar-refractivity contribution in [2.24, 2.45) is 5.73 Å². The van der Waals surface area contributed by atoms with Gasteiger partial charge in [-0.1, -0.05) is 31.3 Å². The van der Waals surface area contributed by atoms with Crippen LogP contribution in [-0.4, -0.2) is 24.8 Å². The van der Waals surface area contributed by atoms with Gasteiger partial charge in [0.1, 0.15) is 10.7 Å². The summed E-state index contributed by atoms with van der Waals surface area (Å²) in [5.41, 5.74) is 6.38. The molecule has 0 amide bonds. The van der Waals surface area contributed by atoms with Crippen molar-refractivity contribution < 1.29 is 9.47 Å². The van der Waals surface area contributed by atoms with Gasteiger partial charge in [-0.25, -0.2) is 0 Å². The Hall–Kier alpha value is -1.13. The average Bonchev–Trinajstić information content (AvgIpc) is 2.34. The fourth-order valence-electron chi connectivity index (χ4n) is 1.34. The Labute approximate surface area is 108 Å². The summed E-state index contributed by atoms with van der Waals surface area (Å²) in [6.45, 7) is 4.29. The lowest BCUT2D eigenvalue weighted by atomic mass is 10.2. The van der Waals surface area contributed by atoms with Crippen LogP contribution in [0.5, 0.6) is 5.75 Å². The summed E-state index contributed by atoms with van der Waals surface area (Å²) in [5, 5.41) is 0. The lowest BCUT2D eigenvalue weighted by Crippen LogP contribution is -2.09. The van der Waals surface area contributed by atoms with Crippen molar-refractivity contribution >= 4 is 17.2 Å². The normalized spacial score (nSPS) is 10.2. The molecule has 0 atom stereocenters. The molecule has 4 heteroatoms. The number of thiocarbonyl (C=S) groups is 1. The molecule has 0 fully saturated rings. The van der Waals surface area contributed by atoms with E-state index in [0.717, 1.165) is 37.4 Å². The highest BCUT2D eigenvalue weighted by molar-refractivity contribution is 7.80. The zero-order valence-electron chi connectivity index (χ0n) is 10.1. The summed E-state index contributed by atoms with van der Waals surface area (Å²) in [7, 11) is 0. The third-order valence-electron chi connectivity index (χ3n) is 2.17. The summed E-state index contributed by atoms with van der Waals surface area (Å²) in [6.07, 6.45) is 1.94. The summed E-state index contributed by atoms with van der Waals surface area (Å²) in [4.78, 5) is 0.390. The maximum absolute atomic E-state index is 5.58. The van der Waals surface area contributed by atoms with E-state index in [2.05, 4.69) is 6.92 Å². The fourth-order valence-corrected chi connectivity index (χ4v) is 1.46. The van der Waals surface area contributed by atoms with Gasteiger partial charge in [0.25, 0.3) is 0 Å². The van der Waals surface area contributed by atoms with Crippen LogP contribution in [0.25, 0.3) is 0 Å². The first-order valence-electron chi connectivity index (χ1n) is 5.84. The van der Waals surface area contributed by atoms with Crippen LogP contribution in [0, 0.1) is 0 Å². The van der Waals surface area contributed by atoms with Gasteiger partial charge >= 0.3 is 0 Å². The molecule has 0 aromatic heterocycles. The van der Waals surface area contributed by atoms with Gasteiger partial charge in [-0.2, -0.15) is 0 Å². The molecule has 0 aliphatic heterocycles. The van der Waals surface area contributed by atoms with E-state index in [1.165, 1.54) is 0 Å². The maximum Gasteiger partial charge on any atom is 0.119 e. The minimum absolute atomic E-state index is 0.390. The predicted octanol–water partition coefficient (Wildman–Crippen LogP) is 2.52. The molecule has 0 spiro atoms. The molecule has 0 bridgehead atoms. The van der Waals surface area contributed by atoms with Crippen LogP contribution in [0.1, 0.15) is 25.3 Å². The molecule has 1 aromatic rings. The van der Waals surface area contributed by atoms with Gasteiger partial charge in [0, 0.05) is 25.2 Å². The Morgan fingerprint density at radius 2 is 2.12 bits per heavy atom. The van der Waals surface area contributed by atoms with Crippen LogP contribution in [-0.2, 0) is 4.74 Å². The number of hydrogen-bond acceptors (Lipinski definition) is 3. The Morgan fingerprint density at radius 1 is 1.29 bits per heavy atom. The van der Waals surface area contributed by atoms with E-state index in [-0.39, 0.29) is 0 Å². The molecule has 0 saturated heterocycles. The van der Waals surface area contributed by atoms with Crippen molar-refractivity contribution in [1.82, 2.24) is 0 Å². The highest BCUT2D eigenvalue weighted by Gasteiger charge is 1.99. The Kier molecular flexibility index (Phi) is 6.58. The maximum atomic E-state index is 5.58. The first kappa shape index (κ1) is 13.9. The molecule has 0 aliphatic rings. The summed E-state index contributed by atoms with van der Waals surface area (Å²) >= 11 is 4.91. The minimum Gasteiger partial charge on any atom is -0.493 e. The Morgan fingerprint density at radius 3 is 2.82 bits per heavy atom. The molecule has 2 N–H and O–H groups in total. The zero-order chi connectivity index (χ0) is 12.5. The van der Waals surface area contributed by atoms with Gasteiger partial charge in [0.15, 0.2) is 0 Å². The molecule has 0 heterocycles. The summed E-state index contributed by atoms with van der Waals surface area (Å²) < 4.78 is 10.9. The standard InChI is InChI=1S/C13H19NO2S/c1-2-7-15-8-4-9-16-12-6-3-5-11(10-12)13(14)17/h3,5-6,10H,2,4,7-9H2,1H3,(H2,14,17). The van der Waals surface area contributed by atoms with Crippen LogP contribution in [0.2, 0.25) is 0 Å². The number of ether oxygens (including phenoxy) is 2. The molecule has 3 nitrogen and oxygen atoms in total. The molecule has 0 aliphatic carbocycles. The highest BCUT2D eigenvalue weighted by Crippen LogP contribution is 2.13. The topological polar surface area (TPSA) is 44.5 Å². The van der Waals surface area contributed by atoms with E-state index in [4.69, 9.17) is 27.4 Å². The van der Waals surface area contributed by atoms with E-state index in [9.17, 15) is 0 Å². The van der Waals surface area contributed by atoms with Crippen molar-refractivity contribution in [3.8, 4) is 5.75 Å². The van der Waals surface area contributed by atoms with Crippen molar-refractivity contribution in [2.75, 3.05) is 19.8 Å². The highest BCUT2D eigenvalue weighted by atomic mass is 32.1. The van der Waals surface area contributed by atoms with Gasteiger partial charge in [0.2, 0.25) is 0 Å². The van der Waals surface area contributed by atoms with Gasteiger partial charge in [0.05, 0.1) is 6.61 Å². The fraction of sp³-hybridized carbons (Fsp3) is 0.462. The molecule has 0 unspecified atom stereocenters. The zero-order valence-corrected chi connectivity index (χ0v) is 11.0. The summed E-state index contributed by atoms with van der Waals surface area (Å²) in [5.74, 6) is 0.797. The van der Waals surface area contributed by atoms with Crippen LogP contribution < -0.4 is 10.5 Å². The molecule has 17 heavy (non-hydrogen) atoms. The van der Waals surface area contributed by atoms with Crippen molar-refractivity contribution in [3.05, 3.63) is 29.8 Å². The second kappa shape index (κ2) is 8.03. The predicted molar refractivity (Wildman–Crippen MR) is 73.6 cm³/mol. The second-order valence-corrected chi connectivity index (χ2v) is 4.15. The van der Waals surface area contributed by atoms with Crippen LogP contribution in [0.4, 0.5) is 0 Å². The van der Waals surface area contributed by atoms with Gasteiger partial charge in [-0.15, -0.1) is 0 Å². The Balaban J connectivity index is 2.27. The van der Waals surface area contributed by atoms with E-state index in [0.29, 0.717) is 11.6 Å². The SMILES string of the molecule is CCCOCCCOc1cccc(C(N)=S)c1. The smallest absolute Gasteiger partial charge is 0.119 e. The number of nitrogens with two attached hydrogens (primary N) is 1. The third kappa shape index (κ3) is 5.65. The van der Waals surface area contributed by atoms with Crippen LogP contribution in [0.15, 0.2) is 24.3 Å². The van der Waals surface area contributed by atoms with E-state index in [1.807, 2.05) is 24.3 Å². The minimum atomic E-state index is 0.390. The first-order chi connectivity index (χ1) is 8.24. The van der Waals surface area contributed by atoms with Crippen molar-refractivity contribution in [3.63, 3.8) is 0 Å². The van der Waals surface area contributed by atoms with E-state index < -0.39 is 0 Å². The van der Waals surface area contributed by atoms with Crippen molar-refractivity contribution in [1.29, 1.82) is 0 Å². The molecule has 0 radical (unpaired) electrons. The number of rotatable bonds is 8. The largest absolute Gasteiger partial charge is 0.493 e. The quantitative estimate of drug-likeness (QED) is 0.571. The lowest BCUT2D eigenvalue weighted by Gasteiger charge is -2.07. The first-order valence-corrected chi connectivity index (χ1v) is 6.25. The molecule has 0 saturated carbocycles. The molecular formula is C13H19NO2S. The van der Waals surface area contributed by atoms with Crippen LogP contribution in [0.3, 0.4) is 0 Å². The third-order valence-corrected chi connectivity index (χ3v) is 2.40. The Bertz CT molecular complexity index is 355. The van der Waals surface area contributed by atoms with Gasteiger partial charge in [-0.3, -0.25) is 0 Å². The second-order valence-electron chi connectivity index (χ2n) is 3.71. The van der Waals surface area contributed by atoms with E-state index >= 15 is 0 Å². The van der Waals surface area contributed by atoms with Gasteiger partial charge in [-0.05, 0) is 18.6 Å². The molecule has 94 valence electrons. The number of benzene rings is 1. The summed E-state index contributed by atoms with van der Waals surface area (Å²) in [6, 6.07) is 7.51. The van der Waals surface area contributed by atoms with Gasteiger partial charge < -0.3 is 15.2 Å². The van der Waals surface area contributed by atoms with E-state index in [1.54, 1.807) is 0 Å². The van der Waals surface area contributed by atoms with Crippen molar-refractivity contribution in [2.45, 2.75) is 19.8 Å². The monoisotopic (exact) mass is 253 g/mol. The average molecular weight is 253 g/mol. The molecule has 1 rings (SSSR count). The lowest BCUT2D eigenvalue weighted by molar-refractivity contribution is 0.120. The molecular weight excluding hydrogens is 234 g/mol.